The molecule has 6 heteroatoms. The molecular formula is C14H11NO4S. The van der Waals surface area contributed by atoms with E-state index in [9.17, 15) is 15.0 Å². The molecule has 0 aliphatic heterocycles. The first-order valence-corrected chi connectivity index (χ1v) is 6.74. The Kier molecular flexibility index (Phi) is 2.87. The van der Waals surface area contributed by atoms with Gasteiger partial charge in [-0.15, -0.1) is 11.3 Å². The Labute approximate surface area is 118 Å². The van der Waals surface area contributed by atoms with Crippen LogP contribution in [0.1, 0.15) is 10.4 Å². The summed E-state index contributed by atoms with van der Waals surface area (Å²) in [5, 5.41) is 24.4. The molecule has 0 saturated heterocycles. The van der Waals surface area contributed by atoms with Gasteiger partial charge in [0.25, 0.3) is 0 Å². The van der Waals surface area contributed by atoms with Crippen LogP contribution in [-0.2, 0) is 0 Å². The Bertz CT molecular complexity index is 803. The fourth-order valence-corrected chi connectivity index (χ4v) is 3.10. The molecule has 0 aliphatic rings. The van der Waals surface area contributed by atoms with Gasteiger partial charge in [0.1, 0.15) is 11.3 Å². The van der Waals surface area contributed by atoms with Crippen LogP contribution in [0, 0.1) is 0 Å². The second kappa shape index (κ2) is 4.57. The first-order valence-electron chi connectivity index (χ1n) is 5.86. The highest BCUT2D eigenvalue weighted by Gasteiger charge is 2.22. The third-order valence-electron chi connectivity index (χ3n) is 3.02. The summed E-state index contributed by atoms with van der Waals surface area (Å²) in [6.07, 6.45) is 0. The van der Waals surface area contributed by atoms with Crippen LogP contribution in [0.15, 0.2) is 34.1 Å². The Balaban J connectivity index is 2.23. The summed E-state index contributed by atoms with van der Waals surface area (Å²) >= 11 is 1.28. The van der Waals surface area contributed by atoms with Crippen LogP contribution in [-0.4, -0.2) is 23.2 Å². The van der Waals surface area contributed by atoms with Crippen molar-refractivity contribution in [2.24, 2.45) is 0 Å². The van der Waals surface area contributed by atoms with Gasteiger partial charge in [0.05, 0.1) is 10.6 Å². The molecule has 2 aromatic heterocycles. The number of carboxylic acid groups (broad SMARTS) is 1. The number of carbonyl (C=O) groups is 1. The molecule has 0 atom stereocenters. The SMILES string of the molecule is CNc1csc(-c2cc3cccc(O)c3o2)c1C(=O)O. The summed E-state index contributed by atoms with van der Waals surface area (Å²) in [6, 6.07) is 6.77. The van der Waals surface area contributed by atoms with Crippen LogP contribution >= 0.6 is 11.3 Å². The van der Waals surface area contributed by atoms with Crippen LogP contribution in [0.4, 0.5) is 5.69 Å². The predicted octanol–water partition coefficient (Wildman–Crippen LogP) is 3.61. The first kappa shape index (κ1) is 12.6. The minimum Gasteiger partial charge on any atom is -0.504 e. The van der Waals surface area contributed by atoms with Gasteiger partial charge in [0.2, 0.25) is 0 Å². The fraction of sp³-hybridized carbons (Fsp3) is 0.0714. The molecule has 102 valence electrons. The standard InChI is InChI=1S/C14H11NO4S/c1-15-8-6-20-13(11(8)14(17)18)10-5-7-3-2-4-9(16)12(7)19-10/h2-6,15-16H,1H3,(H,17,18). The zero-order valence-electron chi connectivity index (χ0n) is 10.5. The second-order valence-corrected chi connectivity index (χ2v) is 5.09. The zero-order chi connectivity index (χ0) is 14.3. The van der Waals surface area contributed by atoms with Gasteiger partial charge in [-0.1, -0.05) is 12.1 Å². The predicted molar refractivity (Wildman–Crippen MR) is 77.7 cm³/mol. The molecule has 0 amide bonds. The van der Waals surface area contributed by atoms with Crippen LogP contribution in [0.2, 0.25) is 0 Å². The number of para-hydroxylation sites is 1. The van der Waals surface area contributed by atoms with Gasteiger partial charge in [-0.05, 0) is 12.1 Å². The van der Waals surface area contributed by atoms with E-state index in [1.807, 2.05) is 0 Å². The number of aromatic hydroxyl groups is 1. The van der Waals surface area contributed by atoms with Crippen LogP contribution in [0.25, 0.3) is 21.6 Å². The van der Waals surface area contributed by atoms with Gasteiger partial charge in [-0.2, -0.15) is 0 Å². The average Bonchev–Trinajstić information content (AvgIpc) is 3.02. The molecule has 0 fully saturated rings. The van der Waals surface area contributed by atoms with E-state index in [-0.39, 0.29) is 11.3 Å². The smallest absolute Gasteiger partial charge is 0.339 e. The molecule has 20 heavy (non-hydrogen) atoms. The molecule has 0 unspecified atom stereocenters. The number of aromatic carboxylic acids is 1. The number of carboxylic acids is 1. The van der Waals surface area contributed by atoms with E-state index in [0.29, 0.717) is 21.9 Å². The maximum absolute atomic E-state index is 11.4. The molecule has 2 heterocycles. The lowest BCUT2D eigenvalue weighted by atomic mass is 10.2. The van der Waals surface area contributed by atoms with Gasteiger partial charge >= 0.3 is 5.97 Å². The van der Waals surface area contributed by atoms with Crippen molar-refractivity contribution in [2.45, 2.75) is 0 Å². The Morgan fingerprint density at radius 2 is 2.20 bits per heavy atom. The maximum atomic E-state index is 11.4. The van der Waals surface area contributed by atoms with Gasteiger partial charge in [-0.3, -0.25) is 0 Å². The number of hydrogen-bond donors (Lipinski definition) is 3. The quantitative estimate of drug-likeness (QED) is 0.686. The van der Waals surface area contributed by atoms with Crippen LogP contribution < -0.4 is 5.32 Å². The molecule has 3 N–H and O–H groups in total. The number of nitrogens with one attached hydrogen (secondary N) is 1. The van der Waals surface area contributed by atoms with E-state index in [1.54, 1.807) is 30.6 Å². The first-order chi connectivity index (χ1) is 9.61. The molecule has 5 nitrogen and oxygen atoms in total. The van der Waals surface area contributed by atoms with E-state index in [1.165, 1.54) is 17.4 Å². The average molecular weight is 289 g/mol. The molecule has 0 aliphatic carbocycles. The Hall–Kier alpha value is -2.47. The number of hydrogen-bond acceptors (Lipinski definition) is 5. The summed E-state index contributed by atoms with van der Waals surface area (Å²) in [5.74, 6) is -0.545. The molecular weight excluding hydrogens is 278 g/mol. The number of thiophene rings is 1. The third kappa shape index (κ3) is 1.81. The monoisotopic (exact) mass is 289 g/mol. The minimum atomic E-state index is -1.02. The van der Waals surface area contributed by atoms with Crippen molar-refractivity contribution in [3.8, 4) is 16.4 Å². The number of rotatable bonds is 3. The molecule has 3 rings (SSSR count). The van der Waals surface area contributed by atoms with E-state index in [0.717, 1.165) is 5.39 Å². The Morgan fingerprint density at radius 1 is 1.40 bits per heavy atom. The highest BCUT2D eigenvalue weighted by atomic mass is 32.1. The maximum Gasteiger partial charge on any atom is 0.339 e. The van der Waals surface area contributed by atoms with Crippen molar-refractivity contribution >= 4 is 34.0 Å². The number of fused-ring (bicyclic) bond motifs is 1. The molecule has 0 saturated carbocycles. The number of phenols is 1. The van der Waals surface area contributed by atoms with E-state index in [4.69, 9.17) is 4.42 Å². The van der Waals surface area contributed by atoms with Gasteiger partial charge in [0, 0.05) is 17.8 Å². The summed E-state index contributed by atoms with van der Waals surface area (Å²) in [6.45, 7) is 0. The topological polar surface area (TPSA) is 82.7 Å². The van der Waals surface area contributed by atoms with Crippen molar-refractivity contribution in [2.75, 3.05) is 12.4 Å². The van der Waals surface area contributed by atoms with Gasteiger partial charge < -0.3 is 19.9 Å². The number of phenolic OH excluding ortho intramolecular Hbond substituents is 1. The van der Waals surface area contributed by atoms with Crippen molar-refractivity contribution < 1.29 is 19.4 Å². The summed E-state index contributed by atoms with van der Waals surface area (Å²) in [5.41, 5.74) is 1.08. The minimum absolute atomic E-state index is 0.0380. The van der Waals surface area contributed by atoms with Crippen LogP contribution in [0.3, 0.4) is 0 Å². The second-order valence-electron chi connectivity index (χ2n) is 4.21. The Morgan fingerprint density at radius 3 is 2.85 bits per heavy atom. The van der Waals surface area contributed by atoms with Crippen molar-refractivity contribution in [3.05, 3.63) is 35.2 Å². The largest absolute Gasteiger partial charge is 0.504 e. The molecule has 0 spiro atoms. The molecule has 1 aromatic carbocycles. The summed E-state index contributed by atoms with van der Waals surface area (Å²) in [7, 11) is 1.67. The van der Waals surface area contributed by atoms with Crippen molar-refractivity contribution in [1.82, 2.24) is 0 Å². The van der Waals surface area contributed by atoms with Crippen molar-refractivity contribution in [1.29, 1.82) is 0 Å². The van der Waals surface area contributed by atoms with Gasteiger partial charge in [-0.25, -0.2) is 4.79 Å². The zero-order valence-corrected chi connectivity index (χ0v) is 11.3. The van der Waals surface area contributed by atoms with E-state index >= 15 is 0 Å². The van der Waals surface area contributed by atoms with Crippen molar-refractivity contribution in [3.63, 3.8) is 0 Å². The lowest BCUT2D eigenvalue weighted by Gasteiger charge is -2.00. The summed E-state index contributed by atoms with van der Waals surface area (Å²) in [4.78, 5) is 11.9. The van der Waals surface area contributed by atoms with E-state index < -0.39 is 5.97 Å². The molecule has 3 aromatic rings. The highest BCUT2D eigenvalue weighted by Crippen LogP contribution is 2.40. The lowest BCUT2D eigenvalue weighted by molar-refractivity contribution is 0.0699. The highest BCUT2D eigenvalue weighted by molar-refractivity contribution is 7.14. The number of benzene rings is 1. The third-order valence-corrected chi connectivity index (χ3v) is 4.02. The normalized spacial score (nSPS) is 10.8. The fourth-order valence-electron chi connectivity index (χ4n) is 2.10. The van der Waals surface area contributed by atoms with Crippen LogP contribution in [0.5, 0.6) is 5.75 Å². The number of furan rings is 1. The molecule has 0 radical (unpaired) electrons. The summed E-state index contributed by atoms with van der Waals surface area (Å²) < 4.78 is 5.60. The lowest BCUT2D eigenvalue weighted by Crippen LogP contribution is -2.00. The van der Waals surface area contributed by atoms with E-state index in [2.05, 4.69) is 5.32 Å². The van der Waals surface area contributed by atoms with Gasteiger partial charge in [0.15, 0.2) is 11.3 Å². The number of anilines is 1. The molecule has 0 bridgehead atoms.